The van der Waals surface area contributed by atoms with E-state index < -0.39 is 11.6 Å². The largest absolute Gasteiger partial charge is 0.460 e. The minimum Gasteiger partial charge on any atom is -0.460 e. The number of hydrogen-bond donors (Lipinski definition) is 3. The van der Waals surface area contributed by atoms with Crippen molar-refractivity contribution in [2.75, 3.05) is 32.2 Å². The molecule has 2 aliphatic rings. The second kappa shape index (κ2) is 11.2. The summed E-state index contributed by atoms with van der Waals surface area (Å²) in [4.78, 5) is 10.9. The topological polar surface area (TPSA) is 113 Å². The van der Waals surface area contributed by atoms with Gasteiger partial charge in [0, 0.05) is 63.1 Å². The molecule has 0 bridgehead atoms. The number of nitrogens with zero attached hydrogens (tertiary/aromatic N) is 5. The summed E-state index contributed by atoms with van der Waals surface area (Å²) in [7, 11) is 1.84. The zero-order chi connectivity index (χ0) is 24.8. The molecule has 1 aromatic carbocycles. The first-order valence-electron chi connectivity index (χ1n) is 11.5. The van der Waals surface area contributed by atoms with Gasteiger partial charge in [-0.1, -0.05) is 0 Å². The van der Waals surface area contributed by atoms with Gasteiger partial charge in [-0.05, 0) is 48.9 Å². The zero-order valence-corrected chi connectivity index (χ0v) is 19.7. The molecule has 4 rings (SSSR count). The van der Waals surface area contributed by atoms with Crippen LogP contribution in [0.15, 0.2) is 46.6 Å². The molecule has 0 atom stereocenters. The maximum atomic E-state index is 13.5. The molecule has 0 spiro atoms. The highest BCUT2D eigenvalue weighted by atomic mass is 19.2. The molecule has 11 heteroatoms. The van der Waals surface area contributed by atoms with E-state index >= 15 is 0 Å². The third-order valence-corrected chi connectivity index (χ3v) is 6.32. The van der Waals surface area contributed by atoms with Crippen LogP contribution in [-0.2, 0) is 17.6 Å². The van der Waals surface area contributed by atoms with Crippen LogP contribution in [0.25, 0.3) is 0 Å². The van der Waals surface area contributed by atoms with Gasteiger partial charge in [-0.2, -0.15) is 5.10 Å². The van der Waals surface area contributed by atoms with Crippen molar-refractivity contribution in [1.82, 2.24) is 20.2 Å². The van der Waals surface area contributed by atoms with Gasteiger partial charge in [0.2, 0.25) is 11.8 Å². The third kappa shape index (κ3) is 6.10. The maximum absolute atomic E-state index is 13.5. The molecule has 0 saturated carbocycles. The van der Waals surface area contributed by atoms with Crippen LogP contribution < -0.4 is 16.4 Å². The smallest absolute Gasteiger partial charge is 0.245 e. The number of ether oxygens (including phenoxy) is 1. The van der Waals surface area contributed by atoms with E-state index in [4.69, 9.17) is 10.5 Å². The monoisotopic (exact) mass is 484 g/mol. The standard InChI is InChI=1S/C24H30F2N8O/c1-28-13-22(27)15-3-5-34(6-4-15)14-35-23(33-29-2)18-11-30-24(31-12-18)32-19-7-16-9-20(25)21(26)10-17(16)8-19/h9-13,15,19,28H,2-8,14,27H2,1H3,(H,30,31,32)/b22-13-,33-23-. The van der Waals surface area contributed by atoms with Crippen LogP contribution in [0.2, 0.25) is 0 Å². The van der Waals surface area contributed by atoms with E-state index in [1.807, 2.05) is 13.2 Å². The lowest BCUT2D eigenvalue weighted by atomic mass is 9.94. The first-order valence-corrected chi connectivity index (χ1v) is 11.5. The van der Waals surface area contributed by atoms with E-state index in [1.54, 1.807) is 12.4 Å². The number of hydrogen-bond acceptors (Lipinski definition) is 9. The quantitative estimate of drug-likeness (QED) is 0.300. The van der Waals surface area contributed by atoms with Crippen molar-refractivity contribution in [3.8, 4) is 0 Å². The molecule has 0 unspecified atom stereocenters. The Balaban J connectivity index is 1.30. The van der Waals surface area contributed by atoms with Gasteiger partial charge in [-0.25, -0.2) is 18.7 Å². The highest BCUT2D eigenvalue weighted by Crippen LogP contribution is 2.26. The normalized spacial score (nSPS) is 17.8. The number of allylic oxidation sites excluding steroid dienone is 1. The SMILES string of the molecule is C=N/N=C(\OCN1CCC(/C(N)=C/NC)CC1)c1cnc(NC2Cc3cc(F)c(F)cc3C2)nc1. The number of halogens is 2. The number of nitrogens with one attached hydrogen (secondary N) is 2. The average Bonchev–Trinajstić information content (AvgIpc) is 3.23. The number of nitrogens with two attached hydrogens (primary N) is 1. The summed E-state index contributed by atoms with van der Waals surface area (Å²) >= 11 is 0. The molecule has 1 fully saturated rings. The zero-order valence-electron chi connectivity index (χ0n) is 19.7. The third-order valence-electron chi connectivity index (χ3n) is 6.32. The van der Waals surface area contributed by atoms with E-state index in [0.29, 0.717) is 37.0 Å². The van der Waals surface area contributed by atoms with E-state index in [9.17, 15) is 8.78 Å². The summed E-state index contributed by atoms with van der Waals surface area (Å²) in [6.07, 6.45) is 8.08. The van der Waals surface area contributed by atoms with Gasteiger partial charge in [-0.15, -0.1) is 5.10 Å². The Kier molecular flexibility index (Phi) is 7.86. The molecule has 4 N–H and O–H groups in total. The maximum Gasteiger partial charge on any atom is 0.245 e. The summed E-state index contributed by atoms with van der Waals surface area (Å²) in [5.74, 6) is -0.602. The number of anilines is 1. The van der Waals surface area contributed by atoms with Crippen LogP contribution in [0, 0.1) is 17.6 Å². The van der Waals surface area contributed by atoms with Gasteiger partial charge in [0.15, 0.2) is 11.6 Å². The van der Waals surface area contributed by atoms with Crippen LogP contribution in [0.3, 0.4) is 0 Å². The minimum atomic E-state index is -0.827. The van der Waals surface area contributed by atoms with Gasteiger partial charge in [-0.3, -0.25) is 4.90 Å². The van der Waals surface area contributed by atoms with Crippen molar-refractivity contribution in [1.29, 1.82) is 0 Å². The van der Waals surface area contributed by atoms with Crippen molar-refractivity contribution in [2.45, 2.75) is 31.7 Å². The molecule has 186 valence electrons. The molecule has 1 aliphatic carbocycles. The fourth-order valence-electron chi connectivity index (χ4n) is 4.48. The Labute approximate surface area is 203 Å². The van der Waals surface area contributed by atoms with Crippen LogP contribution in [0.5, 0.6) is 0 Å². The number of likely N-dealkylation sites (tertiary alicyclic amines) is 1. The fourth-order valence-corrected chi connectivity index (χ4v) is 4.48. The average molecular weight is 485 g/mol. The van der Waals surface area contributed by atoms with E-state index in [-0.39, 0.29) is 11.9 Å². The number of aromatic nitrogens is 2. The van der Waals surface area contributed by atoms with E-state index in [2.05, 4.69) is 42.4 Å². The van der Waals surface area contributed by atoms with Gasteiger partial charge in [0.1, 0.15) is 6.73 Å². The predicted molar refractivity (Wildman–Crippen MR) is 131 cm³/mol. The van der Waals surface area contributed by atoms with Crippen molar-refractivity contribution in [2.24, 2.45) is 21.9 Å². The Morgan fingerprint density at radius 2 is 1.83 bits per heavy atom. The first-order chi connectivity index (χ1) is 17.0. The summed E-state index contributed by atoms with van der Waals surface area (Å²) < 4.78 is 32.9. The van der Waals surface area contributed by atoms with Crippen LogP contribution >= 0.6 is 0 Å². The van der Waals surface area contributed by atoms with Crippen LogP contribution in [0.4, 0.5) is 14.7 Å². The van der Waals surface area contributed by atoms with Crippen LogP contribution in [-0.4, -0.2) is 60.4 Å². The van der Waals surface area contributed by atoms with Gasteiger partial charge in [0.05, 0.1) is 5.56 Å². The molecular formula is C24H30F2N8O. The van der Waals surface area contributed by atoms with Crippen LogP contribution in [0.1, 0.15) is 29.5 Å². The molecule has 0 radical (unpaired) electrons. The number of fused-ring (bicyclic) bond motifs is 1. The number of piperidine rings is 1. The summed E-state index contributed by atoms with van der Waals surface area (Å²) in [6, 6.07) is 2.47. The van der Waals surface area contributed by atoms with Crippen molar-refractivity contribution < 1.29 is 13.5 Å². The minimum absolute atomic E-state index is 0.0452. The Morgan fingerprint density at radius 3 is 2.40 bits per heavy atom. The second-order valence-electron chi connectivity index (χ2n) is 8.73. The van der Waals surface area contributed by atoms with Crippen molar-refractivity contribution >= 4 is 18.6 Å². The molecule has 9 nitrogen and oxygen atoms in total. The molecule has 1 aromatic heterocycles. The Hall–Kier alpha value is -3.60. The van der Waals surface area contributed by atoms with Crippen molar-refractivity contribution in [3.05, 3.63) is 64.7 Å². The molecule has 2 aromatic rings. The summed E-state index contributed by atoms with van der Waals surface area (Å²) in [5, 5.41) is 13.8. The Bertz CT molecular complexity index is 1070. The van der Waals surface area contributed by atoms with Gasteiger partial charge < -0.3 is 21.1 Å². The van der Waals surface area contributed by atoms with E-state index in [0.717, 1.165) is 42.8 Å². The highest BCUT2D eigenvalue weighted by Gasteiger charge is 2.25. The molecular weight excluding hydrogens is 454 g/mol. The first kappa shape index (κ1) is 24.5. The Morgan fingerprint density at radius 1 is 1.20 bits per heavy atom. The molecule has 1 aliphatic heterocycles. The lowest BCUT2D eigenvalue weighted by Crippen LogP contribution is -2.37. The number of benzene rings is 1. The second-order valence-corrected chi connectivity index (χ2v) is 8.73. The summed E-state index contributed by atoms with van der Waals surface area (Å²) in [5.41, 5.74) is 9.13. The lowest BCUT2D eigenvalue weighted by Gasteiger charge is -2.31. The van der Waals surface area contributed by atoms with Gasteiger partial charge >= 0.3 is 0 Å². The molecule has 0 amide bonds. The molecule has 35 heavy (non-hydrogen) atoms. The fraction of sp³-hybridized carbons (Fsp3) is 0.417. The van der Waals surface area contributed by atoms with E-state index in [1.165, 1.54) is 12.1 Å². The van der Waals surface area contributed by atoms with Gasteiger partial charge in [0.25, 0.3) is 0 Å². The number of rotatable bonds is 8. The highest BCUT2D eigenvalue weighted by molar-refractivity contribution is 5.93. The predicted octanol–water partition coefficient (Wildman–Crippen LogP) is 2.40. The molecule has 1 saturated heterocycles. The summed E-state index contributed by atoms with van der Waals surface area (Å²) in [6.45, 7) is 5.48. The lowest BCUT2D eigenvalue weighted by molar-refractivity contribution is 0.0867. The van der Waals surface area contributed by atoms with Crippen molar-refractivity contribution in [3.63, 3.8) is 0 Å². The molecule has 2 heterocycles.